The molecule has 0 saturated carbocycles. The molecule has 1 amide bonds. The number of anilines is 2. The first-order chi connectivity index (χ1) is 13.0. The lowest BCUT2D eigenvalue weighted by molar-refractivity contribution is 0.102. The van der Waals surface area contributed by atoms with Gasteiger partial charge in [0.15, 0.2) is 0 Å². The van der Waals surface area contributed by atoms with Gasteiger partial charge in [0.2, 0.25) is 0 Å². The van der Waals surface area contributed by atoms with Crippen molar-refractivity contribution in [2.75, 3.05) is 23.3 Å². The number of nitrogens with zero attached hydrogens (tertiary/aromatic N) is 3. The van der Waals surface area contributed by atoms with E-state index in [0.717, 1.165) is 40.4 Å². The lowest BCUT2D eigenvalue weighted by Gasteiger charge is -2.32. The van der Waals surface area contributed by atoms with Crippen LogP contribution in [0.25, 0.3) is 10.2 Å². The van der Waals surface area contributed by atoms with E-state index in [2.05, 4.69) is 27.1 Å². The van der Waals surface area contributed by atoms with Crippen LogP contribution < -0.4 is 10.2 Å². The van der Waals surface area contributed by atoms with E-state index >= 15 is 0 Å². The molecule has 5 nitrogen and oxygen atoms in total. The summed E-state index contributed by atoms with van der Waals surface area (Å²) in [5, 5.41) is 3.61. The fourth-order valence-corrected chi connectivity index (χ4v) is 4.67. The first-order valence-corrected chi connectivity index (χ1v) is 9.90. The summed E-state index contributed by atoms with van der Waals surface area (Å²) in [6.45, 7) is 6.00. The van der Waals surface area contributed by atoms with Crippen LogP contribution in [0.15, 0.2) is 30.6 Å². The fourth-order valence-electron chi connectivity index (χ4n) is 3.68. The van der Waals surface area contributed by atoms with Crippen molar-refractivity contribution in [3.8, 4) is 0 Å². The van der Waals surface area contributed by atoms with Gasteiger partial charge in [-0.15, -0.1) is 11.3 Å². The van der Waals surface area contributed by atoms with Crippen LogP contribution in [0.4, 0.5) is 15.9 Å². The highest BCUT2D eigenvalue weighted by atomic mass is 32.1. The number of hydrogen-bond acceptors (Lipinski definition) is 5. The summed E-state index contributed by atoms with van der Waals surface area (Å²) < 4.78 is 13.5. The highest BCUT2D eigenvalue weighted by Gasteiger charge is 2.26. The van der Waals surface area contributed by atoms with Crippen molar-refractivity contribution in [3.63, 3.8) is 0 Å². The molecule has 2 aromatic heterocycles. The van der Waals surface area contributed by atoms with Crippen molar-refractivity contribution in [2.45, 2.75) is 26.7 Å². The van der Waals surface area contributed by atoms with Gasteiger partial charge < -0.3 is 10.2 Å². The first kappa shape index (κ1) is 17.9. The Morgan fingerprint density at radius 2 is 2.22 bits per heavy atom. The van der Waals surface area contributed by atoms with E-state index in [0.29, 0.717) is 17.2 Å². The number of hydrogen-bond donors (Lipinski definition) is 1. The number of benzene rings is 1. The molecule has 1 atom stereocenters. The first-order valence-electron chi connectivity index (χ1n) is 9.09. The molecule has 0 spiro atoms. The Balaban J connectivity index is 1.76. The number of amides is 1. The molecule has 1 aromatic carbocycles. The molecule has 3 aromatic rings. The minimum atomic E-state index is -0.383. The minimum Gasteiger partial charge on any atom is -0.356 e. The predicted octanol–water partition coefficient (Wildman–Crippen LogP) is 4.63. The van der Waals surface area contributed by atoms with Gasteiger partial charge in [-0.1, -0.05) is 13.0 Å². The third-order valence-corrected chi connectivity index (χ3v) is 5.92. The van der Waals surface area contributed by atoms with Crippen LogP contribution >= 0.6 is 11.3 Å². The smallest absolute Gasteiger partial charge is 0.257 e. The predicted molar refractivity (Wildman–Crippen MR) is 107 cm³/mol. The quantitative estimate of drug-likeness (QED) is 0.715. The number of piperidine rings is 1. The number of rotatable bonds is 3. The van der Waals surface area contributed by atoms with Gasteiger partial charge in [-0.2, -0.15) is 0 Å². The normalized spacial score (nSPS) is 17.3. The molecule has 1 saturated heterocycles. The van der Waals surface area contributed by atoms with Gasteiger partial charge in [-0.25, -0.2) is 14.4 Å². The Labute approximate surface area is 161 Å². The second-order valence-corrected chi connectivity index (χ2v) is 8.27. The van der Waals surface area contributed by atoms with Gasteiger partial charge in [0.1, 0.15) is 22.8 Å². The molecule has 1 fully saturated rings. The second kappa shape index (κ2) is 7.23. The molecule has 0 aliphatic carbocycles. The molecule has 4 rings (SSSR count). The van der Waals surface area contributed by atoms with Crippen LogP contribution in [-0.2, 0) is 0 Å². The lowest BCUT2D eigenvalue weighted by Crippen LogP contribution is -2.35. The number of carbonyl (C=O) groups is 1. The average molecular weight is 384 g/mol. The van der Waals surface area contributed by atoms with E-state index in [-0.39, 0.29) is 11.7 Å². The summed E-state index contributed by atoms with van der Waals surface area (Å²) >= 11 is 1.49. The number of carbonyl (C=O) groups excluding carboxylic acids is 1. The van der Waals surface area contributed by atoms with Crippen LogP contribution in [0.3, 0.4) is 0 Å². The van der Waals surface area contributed by atoms with E-state index < -0.39 is 0 Å². The van der Waals surface area contributed by atoms with Crippen molar-refractivity contribution in [2.24, 2.45) is 5.92 Å². The monoisotopic (exact) mass is 384 g/mol. The Morgan fingerprint density at radius 3 is 3.00 bits per heavy atom. The Morgan fingerprint density at radius 1 is 1.37 bits per heavy atom. The molecule has 3 heterocycles. The highest BCUT2D eigenvalue weighted by Crippen LogP contribution is 2.36. The van der Waals surface area contributed by atoms with Gasteiger partial charge in [-0.05, 0) is 43.9 Å². The third-order valence-electron chi connectivity index (χ3n) is 4.91. The molecular weight excluding hydrogens is 363 g/mol. The van der Waals surface area contributed by atoms with E-state index in [1.807, 2.05) is 6.92 Å². The number of nitrogens with one attached hydrogen (secondary N) is 1. The summed E-state index contributed by atoms with van der Waals surface area (Å²) in [6, 6.07) is 5.91. The van der Waals surface area contributed by atoms with Crippen LogP contribution in [0.5, 0.6) is 0 Å². The van der Waals surface area contributed by atoms with Crippen LogP contribution in [0.1, 0.15) is 35.0 Å². The average Bonchev–Trinajstić information content (AvgIpc) is 2.97. The van der Waals surface area contributed by atoms with Crippen molar-refractivity contribution >= 4 is 39.0 Å². The SMILES string of the molecule is Cc1sc2ncnc(N3CCC[C@H](C)C3)c2c1C(=O)Nc1cccc(F)c1. The molecule has 140 valence electrons. The number of aromatic nitrogens is 2. The molecule has 27 heavy (non-hydrogen) atoms. The highest BCUT2D eigenvalue weighted by molar-refractivity contribution is 7.19. The zero-order valence-corrected chi connectivity index (χ0v) is 16.1. The number of fused-ring (bicyclic) bond motifs is 1. The summed E-state index contributed by atoms with van der Waals surface area (Å²) in [7, 11) is 0. The molecule has 1 N–H and O–H groups in total. The maximum Gasteiger partial charge on any atom is 0.257 e. The van der Waals surface area contributed by atoms with Crippen LogP contribution in [0.2, 0.25) is 0 Å². The Bertz CT molecular complexity index is 1000. The zero-order valence-electron chi connectivity index (χ0n) is 15.3. The molecular formula is C20H21FN4OS. The van der Waals surface area contributed by atoms with Crippen molar-refractivity contribution in [1.82, 2.24) is 9.97 Å². The minimum absolute atomic E-state index is 0.259. The van der Waals surface area contributed by atoms with E-state index in [1.54, 1.807) is 18.5 Å². The largest absolute Gasteiger partial charge is 0.356 e. The van der Waals surface area contributed by atoms with Crippen molar-refractivity contribution < 1.29 is 9.18 Å². The standard InChI is InChI=1S/C20H21FN4OS/c1-12-5-4-8-25(10-12)18-17-16(13(2)27-20(17)23-11-22-18)19(26)24-15-7-3-6-14(21)9-15/h3,6-7,9,11-12H,4-5,8,10H2,1-2H3,(H,24,26)/t12-/m0/s1. The molecule has 1 aliphatic rings. The van der Waals surface area contributed by atoms with Crippen molar-refractivity contribution in [1.29, 1.82) is 0 Å². The molecule has 1 aliphatic heterocycles. The Kier molecular flexibility index (Phi) is 4.78. The third kappa shape index (κ3) is 3.51. The maximum atomic E-state index is 13.5. The van der Waals surface area contributed by atoms with Gasteiger partial charge >= 0.3 is 0 Å². The number of thiophene rings is 1. The topological polar surface area (TPSA) is 58.1 Å². The van der Waals surface area contributed by atoms with Crippen LogP contribution in [-0.4, -0.2) is 29.0 Å². The Hall–Kier alpha value is -2.54. The van der Waals surface area contributed by atoms with Gasteiger partial charge in [0.05, 0.1) is 10.9 Å². The summed E-state index contributed by atoms with van der Waals surface area (Å²) in [5.74, 6) is 0.768. The van der Waals surface area contributed by atoms with E-state index in [1.165, 1.54) is 29.9 Å². The van der Waals surface area contributed by atoms with Gasteiger partial charge in [-0.3, -0.25) is 4.79 Å². The maximum absolute atomic E-state index is 13.5. The summed E-state index contributed by atoms with van der Waals surface area (Å²) in [5.41, 5.74) is 1.01. The van der Waals surface area contributed by atoms with Crippen LogP contribution in [0, 0.1) is 18.7 Å². The van der Waals surface area contributed by atoms with Gasteiger partial charge in [0.25, 0.3) is 5.91 Å². The molecule has 7 heteroatoms. The van der Waals surface area contributed by atoms with E-state index in [9.17, 15) is 9.18 Å². The summed E-state index contributed by atoms with van der Waals surface area (Å²) in [6.07, 6.45) is 3.89. The zero-order chi connectivity index (χ0) is 19.0. The molecule has 0 unspecified atom stereocenters. The fraction of sp³-hybridized carbons (Fsp3) is 0.350. The molecule has 0 radical (unpaired) electrons. The second-order valence-electron chi connectivity index (χ2n) is 7.07. The number of aryl methyl sites for hydroxylation is 1. The van der Waals surface area contributed by atoms with Crippen molar-refractivity contribution in [3.05, 3.63) is 46.9 Å². The summed E-state index contributed by atoms with van der Waals surface area (Å²) in [4.78, 5) is 25.9. The lowest BCUT2D eigenvalue weighted by atomic mass is 10.00. The molecule has 0 bridgehead atoms. The van der Waals surface area contributed by atoms with Gasteiger partial charge in [0, 0.05) is 23.7 Å². The van der Waals surface area contributed by atoms with E-state index in [4.69, 9.17) is 0 Å². The number of halogens is 1.